The molecule has 3 rings (SSSR count). The van der Waals surface area contributed by atoms with Gasteiger partial charge in [-0.1, -0.05) is 43.7 Å². The molecule has 0 aromatic heterocycles. The number of amides is 1. The number of sulfonamides is 1. The number of carbonyl (C=O) groups is 1. The van der Waals surface area contributed by atoms with Crippen molar-refractivity contribution in [1.82, 2.24) is 9.62 Å². The SMILES string of the molecule is Cc1ccc(CNC(=O)c2cc(S(=O)(=O)N3C[C@H](C)C[C@@H](C)C3)ccc2F)cc1. The molecule has 0 saturated carbocycles. The second-order valence-electron chi connectivity index (χ2n) is 8.08. The smallest absolute Gasteiger partial charge is 0.254 e. The first kappa shape index (κ1) is 21.5. The highest BCUT2D eigenvalue weighted by Gasteiger charge is 2.32. The van der Waals surface area contributed by atoms with Crippen molar-refractivity contribution in [3.05, 3.63) is 65.0 Å². The lowest BCUT2D eigenvalue weighted by molar-refractivity contribution is 0.0946. The predicted molar refractivity (Wildman–Crippen MR) is 110 cm³/mol. The fourth-order valence-corrected chi connectivity index (χ4v) is 5.48. The van der Waals surface area contributed by atoms with Crippen LogP contribution < -0.4 is 5.32 Å². The molecule has 2 aromatic rings. The maximum absolute atomic E-state index is 14.3. The quantitative estimate of drug-likeness (QED) is 0.805. The summed E-state index contributed by atoms with van der Waals surface area (Å²) >= 11 is 0. The molecule has 156 valence electrons. The van der Waals surface area contributed by atoms with E-state index in [9.17, 15) is 17.6 Å². The minimum Gasteiger partial charge on any atom is -0.348 e. The van der Waals surface area contributed by atoms with Crippen LogP contribution in [0.5, 0.6) is 0 Å². The summed E-state index contributed by atoms with van der Waals surface area (Å²) in [6, 6.07) is 11.0. The van der Waals surface area contributed by atoms with Crippen molar-refractivity contribution in [3.8, 4) is 0 Å². The van der Waals surface area contributed by atoms with Crippen molar-refractivity contribution in [3.63, 3.8) is 0 Å². The van der Waals surface area contributed by atoms with E-state index in [4.69, 9.17) is 0 Å². The average molecular weight is 419 g/mol. The highest BCUT2D eigenvalue weighted by atomic mass is 32.2. The van der Waals surface area contributed by atoms with Gasteiger partial charge in [-0.15, -0.1) is 0 Å². The van der Waals surface area contributed by atoms with Gasteiger partial charge < -0.3 is 5.32 Å². The van der Waals surface area contributed by atoms with Gasteiger partial charge in [0.25, 0.3) is 5.91 Å². The first-order valence-corrected chi connectivity index (χ1v) is 11.2. The van der Waals surface area contributed by atoms with Crippen molar-refractivity contribution in [2.24, 2.45) is 11.8 Å². The van der Waals surface area contributed by atoms with Crippen molar-refractivity contribution >= 4 is 15.9 Å². The summed E-state index contributed by atoms with van der Waals surface area (Å²) in [6.45, 7) is 7.10. The summed E-state index contributed by atoms with van der Waals surface area (Å²) in [7, 11) is -3.79. The maximum atomic E-state index is 14.3. The van der Waals surface area contributed by atoms with Crippen molar-refractivity contribution in [1.29, 1.82) is 0 Å². The standard InChI is InChI=1S/C22H27FN2O3S/c1-15-4-6-18(7-5-15)12-24-22(26)20-11-19(8-9-21(20)23)29(27,28)25-13-16(2)10-17(3)14-25/h4-9,11,16-17H,10,12-14H2,1-3H3,(H,24,26)/t16-,17-/m1/s1. The Bertz CT molecular complexity index is 980. The molecule has 1 fully saturated rings. The Morgan fingerprint density at radius 1 is 1.10 bits per heavy atom. The van der Waals surface area contributed by atoms with Crippen LogP contribution in [0.4, 0.5) is 4.39 Å². The van der Waals surface area contributed by atoms with Gasteiger partial charge in [0.2, 0.25) is 10.0 Å². The van der Waals surface area contributed by atoms with Gasteiger partial charge in [0.15, 0.2) is 0 Å². The minimum atomic E-state index is -3.79. The number of benzene rings is 2. The van der Waals surface area contributed by atoms with E-state index in [0.29, 0.717) is 13.1 Å². The van der Waals surface area contributed by atoms with E-state index in [1.807, 2.05) is 45.0 Å². The molecule has 5 nitrogen and oxygen atoms in total. The zero-order chi connectivity index (χ0) is 21.2. The molecule has 0 unspecified atom stereocenters. The molecule has 1 aliphatic rings. The number of aryl methyl sites for hydroxylation is 1. The molecule has 0 bridgehead atoms. The van der Waals surface area contributed by atoms with E-state index in [1.54, 1.807) is 0 Å². The number of halogens is 1. The third-order valence-corrected chi connectivity index (χ3v) is 7.06. The van der Waals surface area contributed by atoms with E-state index in [1.165, 1.54) is 10.4 Å². The Kier molecular flexibility index (Phi) is 6.39. The lowest BCUT2D eigenvalue weighted by Crippen LogP contribution is -2.42. The number of hydrogen-bond acceptors (Lipinski definition) is 3. The number of nitrogens with zero attached hydrogens (tertiary/aromatic N) is 1. The van der Waals surface area contributed by atoms with Crippen molar-refractivity contribution < 1.29 is 17.6 Å². The summed E-state index contributed by atoms with van der Waals surface area (Å²) in [5.74, 6) is -0.872. The Morgan fingerprint density at radius 3 is 2.34 bits per heavy atom. The van der Waals surface area contributed by atoms with E-state index < -0.39 is 21.7 Å². The Hall–Kier alpha value is -2.25. The van der Waals surface area contributed by atoms with Gasteiger partial charge in [-0.05, 0) is 48.9 Å². The maximum Gasteiger partial charge on any atom is 0.254 e. The zero-order valence-corrected chi connectivity index (χ0v) is 17.8. The van der Waals surface area contributed by atoms with E-state index in [-0.39, 0.29) is 28.8 Å². The molecule has 2 aromatic carbocycles. The fourth-order valence-electron chi connectivity index (χ4n) is 3.77. The van der Waals surface area contributed by atoms with Crippen LogP contribution in [0.25, 0.3) is 0 Å². The Balaban J connectivity index is 1.79. The van der Waals surface area contributed by atoms with Crippen LogP contribution in [-0.2, 0) is 16.6 Å². The second kappa shape index (κ2) is 8.63. The molecule has 1 N–H and O–H groups in total. The van der Waals surface area contributed by atoms with Crippen molar-refractivity contribution in [2.45, 2.75) is 38.6 Å². The van der Waals surface area contributed by atoms with E-state index >= 15 is 0 Å². The molecule has 1 saturated heterocycles. The summed E-state index contributed by atoms with van der Waals surface area (Å²) in [5.41, 5.74) is 1.71. The Morgan fingerprint density at radius 2 is 1.72 bits per heavy atom. The van der Waals surface area contributed by atoms with Gasteiger partial charge in [0.1, 0.15) is 5.82 Å². The van der Waals surface area contributed by atoms with Gasteiger partial charge in [0, 0.05) is 19.6 Å². The second-order valence-corrected chi connectivity index (χ2v) is 10.0. The number of hydrogen-bond donors (Lipinski definition) is 1. The molecular weight excluding hydrogens is 391 g/mol. The van der Waals surface area contributed by atoms with Crippen LogP contribution in [0.2, 0.25) is 0 Å². The third-order valence-electron chi connectivity index (χ3n) is 5.23. The molecule has 2 atom stereocenters. The number of nitrogens with one attached hydrogen (secondary N) is 1. The number of carbonyl (C=O) groups excluding carboxylic acids is 1. The molecule has 0 aliphatic carbocycles. The first-order valence-electron chi connectivity index (χ1n) is 9.80. The molecule has 0 radical (unpaired) electrons. The van der Waals surface area contributed by atoms with Crippen LogP contribution in [0.15, 0.2) is 47.4 Å². The van der Waals surface area contributed by atoms with E-state index in [0.717, 1.165) is 29.7 Å². The van der Waals surface area contributed by atoms with Gasteiger partial charge in [-0.3, -0.25) is 4.79 Å². The highest BCUT2D eigenvalue weighted by Crippen LogP contribution is 2.27. The number of rotatable bonds is 5. The van der Waals surface area contributed by atoms with Crippen LogP contribution in [0.3, 0.4) is 0 Å². The summed E-state index contributed by atoms with van der Waals surface area (Å²) in [6.07, 6.45) is 0.974. The average Bonchev–Trinajstić information content (AvgIpc) is 2.66. The largest absolute Gasteiger partial charge is 0.348 e. The molecular formula is C22H27FN2O3S. The van der Waals surface area contributed by atoms with Crippen LogP contribution in [0.1, 0.15) is 41.8 Å². The molecule has 0 spiro atoms. The fraction of sp³-hybridized carbons (Fsp3) is 0.409. The third kappa shape index (κ3) is 5.03. The number of piperidine rings is 1. The minimum absolute atomic E-state index is 0.0549. The molecule has 7 heteroatoms. The lowest BCUT2D eigenvalue weighted by Gasteiger charge is -2.34. The highest BCUT2D eigenvalue weighted by molar-refractivity contribution is 7.89. The van der Waals surface area contributed by atoms with Gasteiger partial charge in [0.05, 0.1) is 10.5 Å². The molecule has 29 heavy (non-hydrogen) atoms. The van der Waals surface area contributed by atoms with Gasteiger partial charge in [-0.2, -0.15) is 4.31 Å². The summed E-state index contributed by atoms with van der Waals surface area (Å²) in [4.78, 5) is 12.5. The van der Waals surface area contributed by atoms with Crippen LogP contribution in [-0.4, -0.2) is 31.7 Å². The first-order chi connectivity index (χ1) is 13.7. The molecule has 1 heterocycles. The van der Waals surface area contributed by atoms with Crippen LogP contribution >= 0.6 is 0 Å². The van der Waals surface area contributed by atoms with Gasteiger partial charge in [-0.25, -0.2) is 12.8 Å². The predicted octanol–water partition coefficient (Wildman–Crippen LogP) is 3.73. The topological polar surface area (TPSA) is 66.5 Å². The van der Waals surface area contributed by atoms with Gasteiger partial charge >= 0.3 is 0 Å². The van der Waals surface area contributed by atoms with Crippen molar-refractivity contribution in [2.75, 3.05) is 13.1 Å². The van der Waals surface area contributed by atoms with E-state index in [2.05, 4.69) is 5.32 Å². The summed E-state index contributed by atoms with van der Waals surface area (Å²) in [5, 5.41) is 2.66. The van der Waals surface area contributed by atoms with Crippen LogP contribution in [0, 0.1) is 24.6 Å². The Labute approximate surface area is 172 Å². The monoisotopic (exact) mass is 418 g/mol. The molecule has 1 amide bonds. The molecule has 1 aliphatic heterocycles. The zero-order valence-electron chi connectivity index (χ0n) is 17.0. The lowest BCUT2D eigenvalue weighted by atomic mass is 9.94. The summed E-state index contributed by atoms with van der Waals surface area (Å²) < 4.78 is 41.8. The normalized spacial score (nSPS) is 20.4.